The molecule has 21 aliphatic carbocycles. The van der Waals surface area contributed by atoms with Gasteiger partial charge < -0.3 is 0 Å². The monoisotopic (exact) mass is 1620 g/mol. The van der Waals surface area contributed by atoms with Gasteiger partial charge in [-0.3, -0.25) is 0 Å². The van der Waals surface area contributed by atoms with Gasteiger partial charge in [0.1, 0.15) is 0 Å². The van der Waals surface area contributed by atoms with Crippen molar-refractivity contribution in [2.75, 3.05) is 0 Å². The van der Waals surface area contributed by atoms with Crippen LogP contribution in [0.3, 0.4) is 0 Å². The van der Waals surface area contributed by atoms with Gasteiger partial charge in [-0.15, -0.1) is 0 Å². The molecule has 0 amide bonds. The van der Waals surface area contributed by atoms with Gasteiger partial charge in [-0.05, 0) is 268 Å². The Morgan fingerprint density at radius 1 is 0.172 bits per heavy atom. The Hall–Kier alpha value is -3.12. The molecule has 23 rings (SSSR count). The van der Waals surface area contributed by atoms with Crippen molar-refractivity contribution in [1.29, 1.82) is 0 Å². The van der Waals surface area contributed by atoms with E-state index in [9.17, 15) is 0 Å². The number of hydrogen-bond donors (Lipinski definition) is 0. The number of hydrogen-bond acceptors (Lipinski definition) is 0. The molecule has 8 bridgehead atoms. The minimum absolute atomic E-state index is 0. The van der Waals surface area contributed by atoms with Crippen molar-refractivity contribution in [2.24, 2.45) is 59.2 Å². The Bertz CT molecular complexity index is 2220. The minimum atomic E-state index is 0. The van der Waals surface area contributed by atoms with E-state index in [2.05, 4.69) is 121 Å². The largest absolute Gasteiger partial charge is 0.0885 e. The fraction of sp³-hybridized carbons (Fsp3) is 0.793. The molecule has 14 fully saturated rings. The third kappa shape index (κ3) is 61.2. The highest BCUT2D eigenvalue weighted by Crippen LogP contribution is 2.53. The van der Waals surface area contributed by atoms with Crippen LogP contribution in [0.25, 0.3) is 0 Å². The van der Waals surface area contributed by atoms with E-state index in [1.807, 2.05) is 0 Å². The lowest BCUT2D eigenvalue weighted by Gasteiger charge is -2.49. The van der Waals surface area contributed by atoms with E-state index in [1.165, 1.54) is 363 Å². The molecular formula is C116H224. The zero-order valence-corrected chi connectivity index (χ0v) is 66.7. The maximum absolute atomic E-state index is 2.38. The van der Waals surface area contributed by atoms with Crippen LogP contribution in [0.2, 0.25) is 0 Å². The first-order valence-corrected chi connectivity index (χ1v) is 46.3. The van der Waals surface area contributed by atoms with E-state index in [0.29, 0.717) is 0 Å². The molecule has 2 aromatic rings. The molecule has 2 atom stereocenters. The smallest absolute Gasteiger partial charge is 0.0163 e. The normalized spacial score (nSPS) is 26.0. The number of benzene rings is 2. The lowest BCUT2D eigenvalue weighted by molar-refractivity contribution is 0.0198. The number of allylic oxidation sites excluding steroid dienone is 12. The van der Waals surface area contributed by atoms with Crippen molar-refractivity contribution in [2.45, 2.75) is 542 Å². The predicted molar refractivity (Wildman–Crippen MR) is 549 cm³/mol. The SMILES string of the molecule is C.C.C.C.C.C.C.C.C.C.C.C.C.C.C.C1=CC2CCC1C2.C1=CCC=C1.C1=CCCC1.C1=CCCCC1.C1=CCCCCC1.C1C2CC3CC1CC(C2)C3.C1CC1.C1CC2CCC1C2.C1CCC1.C1CCC2CCCCC2C1.C1CCCC1.C1CCCCC1.C1CCCCCC1.c1ccc2c(c1)CCC2.c1ccc2c(c1)CCCC2. The summed E-state index contributed by atoms with van der Waals surface area (Å²) in [4.78, 5) is 0. The molecule has 2 unspecified atom stereocenters. The van der Waals surface area contributed by atoms with E-state index in [0.717, 1.165) is 30.1 Å². The molecule has 0 aliphatic heterocycles. The first-order valence-electron chi connectivity index (χ1n) is 46.3. The van der Waals surface area contributed by atoms with Crippen LogP contribution in [-0.2, 0) is 25.7 Å². The van der Waals surface area contributed by atoms with Gasteiger partial charge >= 0.3 is 0 Å². The van der Waals surface area contributed by atoms with E-state index >= 15 is 0 Å². The maximum atomic E-state index is 2.38. The van der Waals surface area contributed by atoms with Crippen LogP contribution in [0.1, 0.15) is 538 Å². The number of aryl methyl sites for hydroxylation is 4. The summed E-state index contributed by atoms with van der Waals surface area (Å²) in [7, 11) is 0. The van der Waals surface area contributed by atoms with Gasteiger partial charge in [0.25, 0.3) is 0 Å². The van der Waals surface area contributed by atoms with Gasteiger partial charge in [0.05, 0.1) is 0 Å². The topological polar surface area (TPSA) is 0 Å². The molecule has 0 heteroatoms. The molecule has 0 spiro atoms. The Labute approximate surface area is 739 Å². The fourth-order valence-electron chi connectivity index (χ4n) is 20.0. The highest BCUT2D eigenvalue weighted by molar-refractivity contribution is 5.31. The average Bonchev–Trinajstić information content (AvgIpc) is 0.924. The molecule has 0 nitrogen and oxygen atoms in total. The van der Waals surface area contributed by atoms with Crippen LogP contribution < -0.4 is 0 Å². The number of fused-ring (bicyclic) bond motifs is 7. The first kappa shape index (κ1) is 128. The molecular weight excluding hydrogens is 1390 g/mol. The minimum Gasteiger partial charge on any atom is -0.0885 e. The van der Waals surface area contributed by atoms with Crippen molar-refractivity contribution in [3.05, 3.63) is 144 Å². The molecule has 0 radical (unpaired) electrons. The molecule has 0 saturated heterocycles. The third-order valence-electron chi connectivity index (χ3n) is 26.5. The van der Waals surface area contributed by atoms with Gasteiger partial charge in [0.2, 0.25) is 0 Å². The summed E-state index contributed by atoms with van der Waals surface area (Å²) >= 11 is 0. The Morgan fingerprint density at radius 2 is 0.388 bits per heavy atom. The van der Waals surface area contributed by atoms with Crippen LogP contribution in [0.15, 0.2) is 121 Å². The van der Waals surface area contributed by atoms with E-state index in [-0.39, 0.29) is 111 Å². The van der Waals surface area contributed by atoms with Gasteiger partial charge in [-0.2, -0.15) is 0 Å². The van der Waals surface area contributed by atoms with Crippen LogP contribution in [0.4, 0.5) is 0 Å². The lowest BCUT2D eigenvalue weighted by Crippen LogP contribution is -2.38. The Kier molecular flexibility index (Phi) is 96.1. The third-order valence-corrected chi connectivity index (χ3v) is 26.5. The summed E-state index contributed by atoms with van der Waals surface area (Å²) < 4.78 is 0. The quantitative estimate of drug-likeness (QED) is 0.182. The van der Waals surface area contributed by atoms with Crippen molar-refractivity contribution in [3.63, 3.8) is 0 Å². The first-order chi connectivity index (χ1) is 50.2. The van der Waals surface area contributed by atoms with Crippen LogP contribution in [0.5, 0.6) is 0 Å². The second kappa shape index (κ2) is 86.8. The maximum Gasteiger partial charge on any atom is -0.0163 e. The van der Waals surface area contributed by atoms with Crippen molar-refractivity contribution in [1.82, 2.24) is 0 Å². The lowest BCUT2D eigenvalue weighted by atomic mass is 9.56. The Morgan fingerprint density at radius 3 is 0.569 bits per heavy atom. The second-order valence-electron chi connectivity index (χ2n) is 35.6. The van der Waals surface area contributed by atoms with Crippen LogP contribution in [0, 0.1) is 59.2 Å². The van der Waals surface area contributed by atoms with Gasteiger partial charge in [-0.1, -0.05) is 477 Å². The van der Waals surface area contributed by atoms with Gasteiger partial charge in [0, 0.05) is 0 Å². The van der Waals surface area contributed by atoms with Crippen LogP contribution >= 0.6 is 0 Å². The molecule has 0 aromatic heterocycles. The average molecular weight is 1620 g/mol. The van der Waals surface area contributed by atoms with E-state index in [4.69, 9.17) is 0 Å². The highest BCUT2D eigenvalue weighted by Gasteiger charge is 2.42. The molecule has 0 heterocycles. The molecule has 688 valence electrons. The van der Waals surface area contributed by atoms with E-state index in [1.54, 1.807) is 119 Å². The van der Waals surface area contributed by atoms with Crippen molar-refractivity contribution < 1.29 is 0 Å². The zero-order chi connectivity index (χ0) is 69.6. The second-order valence-corrected chi connectivity index (χ2v) is 35.6. The highest BCUT2D eigenvalue weighted by atomic mass is 14.5. The summed E-state index contributed by atoms with van der Waals surface area (Å²) in [6, 6.07) is 17.5. The summed E-state index contributed by atoms with van der Waals surface area (Å²) in [5.74, 6) is 11.3. The molecule has 21 aliphatic rings. The number of rotatable bonds is 0. The van der Waals surface area contributed by atoms with Crippen molar-refractivity contribution in [3.8, 4) is 0 Å². The molecule has 14 saturated carbocycles. The molecule has 116 heavy (non-hydrogen) atoms. The fourth-order valence-corrected chi connectivity index (χ4v) is 20.0. The zero-order valence-electron chi connectivity index (χ0n) is 66.7. The summed E-state index contributed by atoms with van der Waals surface area (Å²) in [6.07, 6.45) is 125. The van der Waals surface area contributed by atoms with Gasteiger partial charge in [-0.25, -0.2) is 0 Å². The molecule has 0 N–H and O–H groups in total. The predicted octanol–water partition coefficient (Wildman–Crippen LogP) is 42.3. The van der Waals surface area contributed by atoms with Crippen LogP contribution in [-0.4, -0.2) is 0 Å². The summed E-state index contributed by atoms with van der Waals surface area (Å²) in [5, 5.41) is 0. The summed E-state index contributed by atoms with van der Waals surface area (Å²) in [6.45, 7) is 0. The summed E-state index contributed by atoms with van der Waals surface area (Å²) in [5.41, 5.74) is 6.29. The van der Waals surface area contributed by atoms with E-state index < -0.39 is 0 Å². The van der Waals surface area contributed by atoms with Gasteiger partial charge in [0.15, 0.2) is 0 Å². The van der Waals surface area contributed by atoms with Crippen molar-refractivity contribution >= 4 is 0 Å². The standard InChI is InChI=1S/C10H16.C10H18.C10H12.C9H10.C7H12.C7H10.C7H14.C7H12.C6H12.C6H10.C5H10.C5H8.C5H6.C4H8.C3H6.15CH4/c1-7-2-9-4-8(1)5-10(3-7)6-9;2*1-2-6-10-8-4-3-7-9(10)5-1;1-2-5-9-7-3-6-8(9)4-1;2*1-2-7-4-3-6(1)5-7;2*1-2-4-6-7-5-3-1;2*1-2-4-6-5-3-1;3*1-2-4-5-3-1;1-2-4-3-1;1-2-3-1;;;;;;;;;;;;;;;/h7-10H,1-6H2;9-10H,1-8H2;1-2,5-6H,3-4,7-8H2;1-2,4-5H,3,6-7H2;6-7H,1-5H2;1-2,6-7H,3-5H2;1-7H2;1-2H,3-7H2;1-6H2;1-2H,3-6H2;1-5H2;1-2H,3-5H2;1-4H,5H2;1-4H2;1-3H2;15*1H4. The Balaban J connectivity index is -0.000000179. The molecule has 2 aromatic carbocycles.